The first-order chi connectivity index (χ1) is 10.6. The molecule has 2 N–H and O–H groups in total. The Hall–Kier alpha value is -1.42. The first kappa shape index (κ1) is 15.5. The normalized spacial score (nSPS) is 25.0. The number of benzene rings is 1. The molecule has 1 heterocycles. The molecular weight excluding hydrogens is 279 g/mol. The van der Waals surface area contributed by atoms with Crippen molar-refractivity contribution >= 4 is 5.91 Å². The van der Waals surface area contributed by atoms with Crippen LogP contribution in [0.3, 0.4) is 0 Å². The zero-order valence-corrected chi connectivity index (χ0v) is 13.1. The minimum Gasteiger partial charge on any atom is -0.340 e. The summed E-state index contributed by atoms with van der Waals surface area (Å²) in [7, 11) is 0. The standard InChI is InChI=1S/C18H25FN2O/c19-15-7-4-6-14(12-15)18(9-2-1-3-10-18)17(22)21-11-5-8-16(20)13-21/h4,6-7,12,16H,1-3,5,8-11,13,20H2. The van der Waals surface area contributed by atoms with Crippen LogP contribution in [0.4, 0.5) is 4.39 Å². The zero-order valence-electron chi connectivity index (χ0n) is 13.1. The van der Waals surface area contributed by atoms with E-state index in [-0.39, 0.29) is 17.8 Å². The van der Waals surface area contributed by atoms with Crippen LogP contribution in [0.25, 0.3) is 0 Å². The van der Waals surface area contributed by atoms with E-state index < -0.39 is 5.41 Å². The van der Waals surface area contributed by atoms with Gasteiger partial charge in [0.25, 0.3) is 0 Å². The first-order valence-electron chi connectivity index (χ1n) is 8.43. The molecule has 1 saturated carbocycles. The third kappa shape index (κ3) is 2.89. The molecule has 0 aromatic heterocycles. The lowest BCUT2D eigenvalue weighted by Gasteiger charge is -2.42. The van der Waals surface area contributed by atoms with Crippen LogP contribution in [0.2, 0.25) is 0 Å². The Bertz CT molecular complexity index is 540. The van der Waals surface area contributed by atoms with Crippen LogP contribution in [-0.4, -0.2) is 29.9 Å². The molecule has 0 spiro atoms. The van der Waals surface area contributed by atoms with Gasteiger partial charge in [0.15, 0.2) is 0 Å². The number of amides is 1. The molecule has 2 aliphatic rings. The zero-order chi connectivity index (χ0) is 15.6. The number of nitrogens with two attached hydrogens (primary N) is 1. The van der Waals surface area contributed by atoms with Gasteiger partial charge in [0.1, 0.15) is 5.82 Å². The van der Waals surface area contributed by atoms with E-state index in [0.717, 1.165) is 57.1 Å². The fourth-order valence-electron chi connectivity index (χ4n) is 4.06. The van der Waals surface area contributed by atoms with Gasteiger partial charge in [0.2, 0.25) is 5.91 Å². The minimum atomic E-state index is -0.544. The number of likely N-dealkylation sites (tertiary alicyclic amines) is 1. The summed E-state index contributed by atoms with van der Waals surface area (Å²) in [6.45, 7) is 1.42. The Morgan fingerprint density at radius 2 is 2.00 bits per heavy atom. The van der Waals surface area contributed by atoms with Gasteiger partial charge in [-0.3, -0.25) is 4.79 Å². The molecule has 1 amide bonds. The summed E-state index contributed by atoms with van der Waals surface area (Å²) in [6.07, 6.45) is 6.80. The van der Waals surface area contributed by atoms with Crippen LogP contribution in [-0.2, 0) is 10.2 Å². The summed E-state index contributed by atoms with van der Waals surface area (Å²) in [6, 6.07) is 6.70. The van der Waals surface area contributed by atoms with E-state index in [1.54, 1.807) is 12.1 Å². The third-order valence-electron chi connectivity index (χ3n) is 5.24. The van der Waals surface area contributed by atoms with Gasteiger partial charge in [-0.2, -0.15) is 0 Å². The molecule has 1 aromatic carbocycles. The molecular formula is C18H25FN2O. The number of nitrogens with zero attached hydrogens (tertiary/aromatic N) is 1. The number of halogens is 1. The number of carbonyl (C=O) groups excluding carboxylic acids is 1. The molecule has 3 rings (SSSR count). The Labute approximate surface area is 131 Å². The van der Waals surface area contributed by atoms with Crippen molar-refractivity contribution in [1.82, 2.24) is 4.90 Å². The molecule has 0 radical (unpaired) electrons. The Balaban J connectivity index is 1.93. The van der Waals surface area contributed by atoms with Crippen molar-refractivity contribution in [3.8, 4) is 0 Å². The largest absolute Gasteiger partial charge is 0.340 e. The van der Waals surface area contributed by atoms with Crippen molar-refractivity contribution in [1.29, 1.82) is 0 Å². The van der Waals surface area contributed by atoms with Crippen molar-refractivity contribution in [2.75, 3.05) is 13.1 Å². The van der Waals surface area contributed by atoms with Crippen molar-refractivity contribution in [2.24, 2.45) is 5.73 Å². The number of rotatable bonds is 2. The molecule has 1 aromatic rings. The van der Waals surface area contributed by atoms with Crippen LogP contribution in [0.1, 0.15) is 50.5 Å². The fraction of sp³-hybridized carbons (Fsp3) is 0.611. The minimum absolute atomic E-state index is 0.0749. The number of piperidine rings is 1. The predicted molar refractivity (Wildman–Crippen MR) is 85.0 cm³/mol. The number of hydrogen-bond acceptors (Lipinski definition) is 2. The van der Waals surface area contributed by atoms with Gasteiger partial charge < -0.3 is 10.6 Å². The topological polar surface area (TPSA) is 46.3 Å². The number of hydrogen-bond donors (Lipinski definition) is 1. The van der Waals surface area contributed by atoms with Gasteiger partial charge in [-0.15, -0.1) is 0 Å². The van der Waals surface area contributed by atoms with Gasteiger partial charge in [0, 0.05) is 19.1 Å². The van der Waals surface area contributed by atoms with E-state index in [1.165, 1.54) is 6.07 Å². The van der Waals surface area contributed by atoms with Crippen LogP contribution in [0.15, 0.2) is 24.3 Å². The summed E-state index contributed by atoms with van der Waals surface area (Å²) < 4.78 is 13.7. The lowest BCUT2D eigenvalue weighted by Crippen LogP contribution is -2.53. The molecule has 1 saturated heterocycles. The van der Waals surface area contributed by atoms with Crippen molar-refractivity contribution in [3.63, 3.8) is 0 Å². The maximum Gasteiger partial charge on any atom is 0.233 e. The Morgan fingerprint density at radius 1 is 1.23 bits per heavy atom. The SMILES string of the molecule is NC1CCCN(C(=O)C2(c3cccc(F)c3)CCCCC2)C1. The summed E-state index contributed by atoms with van der Waals surface area (Å²) in [5.41, 5.74) is 6.34. The maximum absolute atomic E-state index is 13.7. The smallest absolute Gasteiger partial charge is 0.233 e. The Morgan fingerprint density at radius 3 is 2.68 bits per heavy atom. The molecule has 4 heteroatoms. The first-order valence-corrected chi connectivity index (χ1v) is 8.43. The third-order valence-corrected chi connectivity index (χ3v) is 5.24. The van der Waals surface area contributed by atoms with E-state index in [0.29, 0.717) is 6.54 Å². The second-order valence-electron chi connectivity index (χ2n) is 6.81. The average molecular weight is 304 g/mol. The van der Waals surface area contributed by atoms with Crippen LogP contribution >= 0.6 is 0 Å². The van der Waals surface area contributed by atoms with E-state index >= 15 is 0 Å². The molecule has 1 aliphatic carbocycles. The molecule has 0 bridgehead atoms. The van der Waals surface area contributed by atoms with E-state index in [9.17, 15) is 9.18 Å². The molecule has 2 fully saturated rings. The van der Waals surface area contributed by atoms with Crippen LogP contribution in [0.5, 0.6) is 0 Å². The second-order valence-corrected chi connectivity index (χ2v) is 6.81. The highest BCUT2D eigenvalue weighted by atomic mass is 19.1. The maximum atomic E-state index is 13.7. The Kier molecular flexibility index (Phi) is 4.48. The van der Waals surface area contributed by atoms with Crippen LogP contribution < -0.4 is 5.73 Å². The molecule has 120 valence electrons. The highest BCUT2D eigenvalue weighted by Crippen LogP contribution is 2.41. The van der Waals surface area contributed by atoms with E-state index in [2.05, 4.69) is 0 Å². The van der Waals surface area contributed by atoms with Crippen molar-refractivity contribution in [2.45, 2.75) is 56.4 Å². The highest BCUT2D eigenvalue weighted by molar-refractivity contribution is 5.88. The highest BCUT2D eigenvalue weighted by Gasteiger charge is 2.44. The van der Waals surface area contributed by atoms with Gasteiger partial charge in [0.05, 0.1) is 5.41 Å². The summed E-state index contributed by atoms with van der Waals surface area (Å²) in [5.74, 6) is -0.0986. The molecule has 1 unspecified atom stereocenters. The van der Waals surface area contributed by atoms with Gasteiger partial charge in [-0.25, -0.2) is 4.39 Å². The second kappa shape index (κ2) is 6.37. The summed E-state index contributed by atoms with van der Waals surface area (Å²) >= 11 is 0. The molecule has 1 aliphatic heterocycles. The predicted octanol–water partition coefficient (Wildman–Crippen LogP) is 2.98. The quantitative estimate of drug-likeness (QED) is 0.913. The van der Waals surface area contributed by atoms with Gasteiger partial charge in [-0.1, -0.05) is 31.4 Å². The molecule has 3 nitrogen and oxygen atoms in total. The average Bonchev–Trinajstić information content (AvgIpc) is 2.55. The van der Waals surface area contributed by atoms with Crippen LogP contribution in [0, 0.1) is 5.82 Å². The van der Waals surface area contributed by atoms with E-state index in [4.69, 9.17) is 5.73 Å². The molecule has 1 atom stereocenters. The van der Waals surface area contributed by atoms with Crippen molar-refractivity contribution in [3.05, 3.63) is 35.6 Å². The van der Waals surface area contributed by atoms with E-state index in [1.807, 2.05) is 11.0 Å². The lowest BCUT2D eigenvalue weighted by molar-refractivity contribution is -0.140. The number of carbonyl (C=O) groups is 1. The lowest BCUT2D eigenvalue weighted by atomic mass is 9.68. The monoisotopic (exact) mass is 304 g/mol. The summed E-state index contributed by atoms with van der Waals surface area (Å²) in [5, 5.41) is 0. The summed E-state index contributed by atoms with van der Waals surface area (Å²) in [4.78, 5) is 15.2. The van der Waals surface area contributed by atoms with Gasteiger partial charge >= 0.3 is 0 Å². The van der Waals surface area contributed by atoms with Gasteiger partial charge in [-0.05, 0) is 43.4 Å². The van der Waals surface area contributed by atoms with Crippen molar-refractivity contribution < 1.29 is 9.18 Å². The molecule has 22 heavy (non-hydrogen) atoms. The fourth-order valence-corrected chi connectivity index (χ4v) is 4.06.